The average molecular weight is 460 g/mol. The fourth-order valence-electron chi connectivity index (χ4n) is 3.29. The molecule has 0 aliphatic carbocycles. The van der Waals surface area contributed by atoms with Gasteiger partial charge >= 0.3 is 11.9 Å². The van der Waals surface area contributed by atoms with Crippen LogP contribution in [0.15, 0.2) is 69.7 Å². The maximum absolute atomic E-state index is 12.6. The molecule has 34 heavy (non-hydrogen) atoms. The van der Waals surface area contributed by atoms with Crippen LogP contribution >= 0.6 is 0 Å². The number of ether oxygens (including phenoxy) is 2. The van der Waals surface area contributed by atoms with E-state index in [2.05, 4.69) is 10.3 Å². The molecular formula is C25H20N2O7. The topological polar surface area (TPSA) is 122 Å². The van der Waals surface area contributed by atoms with Crippen LogP contribution in [0.4, 0.5) is 0 Å². The highest BCUT2D eigenvalue weighted by Gasteiger charge is 2.25. The fraction of sp³-hybridized carbons (Fsp3) is 0.160. The lowest BCUT2D eigenvalue weighted by atomic mass is 10.1. The van der Waals surface area contributed by atoms with E-state index in [4.69, 9.17) is 18.5 Å². The summed E-state index contributed by atoms with van der Waals surface area (Å²) in [7, 11) is 0. The van der Waals surface area contributed by atoms with Gasteiger partial charge in [-0.2, -0.15) is 0 Å². The number of hydrogen-bond acceptors (Lipinski definition) is 9. The lowest BCUT2D eigenvalue weighted by molar-refractivity contribution is -0.125. The molecule has 0 saturated carbocycles. The number of Topliss-reactive ketones (excluding diaryl/α,β-unsaturated/α-hetero) is 1. The van der Waals surface area contributed by atoms with Crippen molar-refractivity contribution in [3.8, 4) is 22.5 Å². The van der Waals surface area contributed by atoms with Gasteiger partial charge in [0.05, 0.1) is 0 Å². The minimum atomic E-state index is -0.765. The first-order chi connectivity index (χ1) is 16.5. The van der Waals surface area contributed by atoms with Gasteiger partial charge in [0.25, 0.3) is 0 Å². The third-order valence-electron chi connectivity index (χ3n) is 4.96. The molecule has 0 N–H and O–H groups in total. The lowest BCUT2D eigenvalue weighted by Crippen LogP contribution is -2.21. The molecule has 4 aromatic rings. The molecule has 0 saturated heterocycles. The first-order valence-electron chi connectivity index (χ1n) is 10.3. The van der Waals surface area contributed by atoms with Crippen molar-refractivity contribution in [1.82, 2.24) is 10.3 Å². The Hall–Kier alpha value is -4.53. The highest BCUT2D eigenvalue weighted by Crippen LogP contribution is 2.27. The number of carbonyl (C=O) groups is 3. The van der Waals surface area contributed by atoms with Crippen LogP contribution in [0.1, 0.15) is 32.2 Å². The van der Waals surface area contributed by atoms with Crippen molar-refractivity contribution in [3.63, 3.8) is 0 Å². The summed E-state index contributed by atoms with van der Waals surface area (Å²) >= 11 is 0. The van der Waals surface area contributed by atoms with Gasteiger partial charge in [-0.1, -0.05) is 71.0 Å². The standard InChI is InChI=1S/C25H20N2O7/c1-15-20(22(26-33-15)17-9-5-3-6-10-17)24(29)31-13-19(28)14-32-25(30)21-16(2)34-27-23(21)18-11-7-4-8-12-18/h3-12H,13-14H2,1-2H3. The van der Waals surface area contributed by atoms with Crippen molar-refractivity contribution in [2.24, 2.45) is 0 Å². The Morgan fingerprint density at radius 1 is 0.676 bits per heavy atom. The maximum atomic E-state index is 12.6. The molecule has 0 bridgehead atoms. The van der Waals surface area contributed by atoms with Gasteiger partial charge in [-0.05, 0) is 13.8 Å². The van der Waals surface area contributed by atoms with Gasteiger partial charge in [-0.25, -0.2) is 9.59 Å². The zero-order valence-corrected chi connectivity index (χ0v) is 18.4. The number of carbonyl (C=O) groups excluding carboxylic acids is 3. The molecule has 172 valence electrons. The second-order valence-corrected chi connectivity index (χ2v) is 7.35. The van der Waals surface area contributed by atoms with Crippen molar-refractivity contribution >= 4 is 17.7 Å². The zero-order chi connectivity index (χ0) is 24.1. The molecule has 2 aromatic carbocycles. The number of hydrogen-bond donors (Lipinski definition) is 0. The number of ketones is 1. The number of aromatic nitrogens is 2. The van der Waals surface area contributed by atoms with E-state index >= 15 is 0 Å². The van der Waals surface area contributed by atoms with Crippen molar-refractivity contribution in [2.45, 2.75) is 13.8 Å². The Labute approximate surface area is 194 Å². The molecule has 0 amide bonds. The summed E-state index contributed by atoms with van der Waals surface area (Å²) in [5.41, 5.74) is 2.23. The zero-order valence-electron chi connectivity index (χ0n) is 18.4. The summed E-state index contributed by atoms with van der Waals surface area (Å²) in [4.78, 5) is 37.4. The summed E-state index contributed by atoms with van der Waals surface area (Å²) in [5, 5.41) is 7.84. The maximum Gasteiger partial charge on any atom is 0.344 e. The van der Waals surface area contributed by atoms with E-state index in [1.807, 2.05) is 12.1 Å². The molecule has 0 atom stereocenters. The van der Waals surface area contributed by atoms with Gasteiger partial charge in [0.1, 0.15) is 34.0 Å². The second kappa shape index (κ2) is 9.95. The van der Waals surface area contributed by atoms with Crippen LogP contribution in [0.3, 0.4) is 0 Å². The minimum Gasteiger partial charge on any atom is -0.454 e. The molecule has 0 radical (unpaired) electrons. The molecular weight excluding hydrogens is 440 g/mol. The Balaban J connectivity index is 1.37. The molecule has 0 aliphatic rings. The number of benzene rings is 2. The quantitative estimate of drug-likeness (QED) is 0.356. The molecule has 4 rings (SSSR count). The highest BCUT2D eigenvalue weighted by atomic mass is 16.6. The SMILES string of the molecule is Cc1onc(-c2ccccc2)c1C(=O)OCC(=O)COC(=O)c1c(-c2ccccc2)noc1C. The van der Waals surface area contributed by atoms with E-state index in [0.29, 0.717) is 22.5 Å². The molecule has 9 nitrogen and oxygen atoms in total. The van der Waals surface area contributed by atoms with E-state index in [1.165, 1.54) is 0 Å². The van der Waals surface area contributed by atoms with Crippen molar-refractivity contribution in [3.05, 3.63) is 83.3 Å². The van der Waals surface area contributed by atoms with Crippen LogP contribution in [-0.4, -0.2) is 41.2 Å². The summed E-state index contributed by atoms with van der Waals surface area (Å²) in [5.74, 6) is -1.61. The van der Waals surface area contributed by atoms with Gasteiger partial charge in [0.2, 0.25) is 5.78 Å². The monoisotopic (exact) mass is 460 g/mol. The van der Waals surface area contributed by atoms with Gasteiger partial charge in [-0.15, -0.1) is 0 Å². The smallest absolute Gasteiger partial charge is 0.344 e. The predicted molar refractivity (Wildman–Crippen MR) is 119 cm³/mol. The van der Waals surface area contributed by atoms with Crippen LogP contribution in [0.2, 0.25) is 0 Å². The number of esters is 2. The average Bonchev–Trinajstić information content (AvgIpc) is 3.44. The first-order valence-corrected chi connectivity index (χ1v) is 10.3. The lowest BCUT2D eigenvalue weighted by Gasteiger charge is -2.07. The number of nitrogens with zero attached hydrogens (tertiary/aromatic N) is 2. The normalized spacial score (nSPS) is 10.6. The Morgan fingerprint density at radius 3 is 1.44 bits per heavy atom. The Bertz CT molecular complexity index is 1220. The minimum absolute atomic E-state index is 0.128. The summed E-state index contributed by atoms with van der Waals surface area (Å²) in [6, 6.07) is 17.9. The van der Waals surface area contributed by atoms with Gasteiger partial charge in [0.15, 0.2) is 13.2 Å². The summed E-state index contributed by atoms with van der Waals surface area (Å²) in [6.45, 7) is 1.98. The first kappa shape index (κ1) is 22.7. The molecule has 0 fully saturated rings. The van der Waals surface area contributed by atoms with Crippen LogP contribution in [-0.2, 0) is 14.3 Å². The van der Waals surface area contributed by atoms with Crippen molar-refractivity contribution in [1.29, 1.82) is 0 Å². The fourth-order valence-corrected chi connectivity index (χ4v) is 3.29. The number of rotatable bonds is 8. The molecule has 2 heterocycles. The Morgan fingerprint density at radius 2 is 1.06 bits per heavy atom. The summed E-state index contributed by atoms with van der Waals surface area (Å²) < 4.78 is 20.5. The molecule has 2 aromatic heterocycles. The van der Waals surface area contributed by atoms with Crippen LogP contribution < -0.4 is 0 Å². The van der Waals surface area contributed by atoms with Crippen LogP contribution in [0, 0.1) is 13.8 Å². The van der Waals surface area contributed by atoms with E-state index in [-0.39, 0.29) is 22.6 Å². The Kier molecular flexibility index (Phi) is 6.63. The highest BCUT2D eigenvalue weighted by molar-refractivity contribution is 5.99. The van der Waals surface area contributed by atoms with Gasteiger partial charge in [-0.3, -0.25) is 4.79 Å². The van der Waals surface area contributed by atoms with E-state index < -0.39 is 30.9 Å². The van der Waals surface area contributed by atoms with Crippen LogP contribution in [0.25, 0.3) is 22.5 Å². The van der Waals surface area contributed by atoms with Crippen molar-refractivity contribution < 1.29 is 32.9 Å². The molecule has 9 heteroatoms. The number of aryl methyl sites for hydroxylation is 2. The van der Waals surface area contributed by atoms with E-state index in [9.17, 15) is 14.4 Å². The van der Waals surface area contributed by atoms with Crippen LogP contribution in [0.5, 0.6) is 0 Å². The van der Waals surface area contributed by atoms with E-state index in [1.54, 1.807) is 62.4 Å². The largest absolute Gasteiger partial charge is 0.454 e. The summed E-state index contributed by atoms with van der Waals surface area (Å²) in [6.07, 6.45) is 0. The second-order valence-electron chi connectivity index (χ2n) is 7.35. The van der Waals surface area contributed by atoms with E-state index in [0.717, 1.165) is 0 Å². The van der Waals surface area contributed by atoms with Gasteiger partial charge < -0.3 is 18.5 Å². The van der Waals surface area contributed by atoms with Crippen molar-refractivity contribution in [2.75, 3.05) is 13.2 Å². The molecule has 0 aliphatic heterocycles. The molecule has 0 unspecified atom stereocenters. The van der Waals surface area contributed by atoms with Gasteiger partial charge in [0, 0.05) is 11.1 Å². The third-order valence-corrected chi connectivity index (χ3v) is 4.96. The molecule has 0 spiro atoms. The predicted octanol–water partition coefficient (Wildman–Crippen LogP) is 4.20. The third kappa shape index (κ3) is 4.78.